The largest absolute Gasteiger partial charge is 0.454 e. The van der Waals surface area contributed by atoms with Crippen LogP contribution in [0.1, 0.15) is 11.1 Å². The fourth-order valence-electron chi connectivity index (χ4n) is 8.11. The number of pyridine rings is 2. The van der Waals surface area contributed by atoms with E-state index in [9.17, 15) is 0 Å². The average molecular weight is 769 g/mol. The maximum absolute atomic E-state index is 5.64. The maximum Gasteiger partial charge on any atom is 0.227 e. The molecule has 8 heteroatoms. The van der Waals surface area contributed by atoms with Crippen molar-refractivity contribution in [3.05, 3.63) is 181 Å². The monoisotopic (exact) mass is 768 g/mol. The van der Waals surface area contributed by atoms with Crippen molar-refractivity contribution in [2.45, 2.75) is 13.8 Å². The van der Waals surface area contributed by atoms with E-state index < -0.39 is 0 Å². The minimum atomic E-state index is 0.716. The Labute approximate surface area is 339 Å². The highest BCUT2D eigenvalue weighted by atomic mass is 16.3. The Bertz CT molecular complexity index is 3470. The molecule has 0 atom stereocenters. The normalized spacial score (nSPS) is 11.4. The molecular formula is C51H40N6O2. The van der Waals surface area contributed by atoms with Gasteiger partial charge < -0.3 is 18.0 Å². The van der Waals surface area contributed by atoms with Crippen molar-refractivity contribution in [2.24, 2.45) is 14.1 Å². The predicted molar refractivity (Wildman–Crippen MR) is 242 cm³/mol. The molecule has 59 heavy (non-hydrogen) atoms. The molecule has 0 saturated heterocycles. The second-order valence-corrected chi connectivity index (χ2v) is 14.8. The van der Waals surface area contributed by atoms with Gasteiger partial charge in [-0.3, -0.25) is 9.38 Å². The lowest BCUT2D eigenvalue weighted by molar-refractivity contribution is 0.654. The third-order valence-electron chi connectivity index (χ3n) is 11.0. The van der Waals surface area contributed by atoms with Gasteiger partial charge >= 0.3 is 0 Å². The first kappa shape index (κ1) is 35.7. The van der Waals surface area contributed by atoms with Crippen molar-refractivity contribution < 1.29 is 8.83 Å². The minimum absolute atomic E-state index is 0.716. The van der Waals surface area contributed by atoms with E-state index in [4.69, 9.17) is 8.83 Å². The number of hydrogen-bond donors (Lipinski definition) is 0. The van der Waals surface area contributed by atoms with E-state index in [0.717, 1.165) is 44.2 Å². The third-order valence-corrected chi connectivity index (χ3v) is 11.0. The summed E-state index contributed by atoms with van der Waals surface area (Å²) in [6.45, 7) is 4.16. The van der Waals surface area contributed by atoms with Crippen LogP contribution >= 0.6 is 0 Å². The van der Waals surface area contributed by atoms with Crippen LogP contribution < -0.4 is 0 Å². The molecule has 0 bridgehead atoms. The van der Waals surface area contributed by atoms with Gasteiger partial charge in [0.2, 0.25) is 11.5 Å². The highest BCUT2D eigenvalue weighted by Crippen LogP contribution is 2.30. The van der Waals surface area contributed by atoms with Crippen LogP contribution in [0.5, 0.6) is 0 Å². The fraction of sp³-hybridized carbons (Fsp3) is 0.0784. The zero-order valence-electron chi connectivity index (χ0n) is 33.2. The zero-order valence-corrected chi connectivity index (χ0v) is 33.2. The number of rotatable bonds is 0. The van der Waals surface area contributed by atoms with Crippen LogP contribution in [-0.4, -0.2) is 28.5 Å². The number of nitrogens with zero attached hydrogens (tertiary/aromatic N) is 6. The Balaban J connectivity index is 0.0000000954. The summed E-state index contributed by atoms with van der Waals surface area (Å²) in [7, 11) is 4.17. The molecule has 0 radical (unpaired) electrons. The van der Waals surface area contributed by atoms with Crippen LogP contribution in [0.3, 0.4) is 0 Å². The maximum atomic E-state index is 5.64. The molecular weight excluding hydrogens is 729 g/mol. The summed E-state index contributed by atoms with van der Waals surface area (Å²) in [6, 6.07) is 52.0. The van der Waals surface area contributed by atoms with Gasteiger partial charge in [0.05, 0.1) is 28.3 Å². The van der Waals surface area contributed by atoms with Crippen molar-refractivity contribution in [1.29, 1.82) is 0 Å². The van der Waals surface area contributed by atoms with Crippen molar-refractivity contribution >= 4 is 93.7 Å². The van der Waals surface area contributed by atoms with Crippen molar-refractivity contribution in [2.75, 3.05) is 0 Å². The van der Waals surface area contributed by atoms with Gasteiger partial charge in [0, 0.05) is 69.8 Å². The van der Waals surface area contributed by atoms with E-state index in [-0.39, 0.29) is 0 Å². The second kappa shape index (κ2) is 14.7. The standard InChI is InChI=1S/C14H11N3.C13H11N.2C12H9NO/c1-16-12-8-4-5-9-13(12)17-11-7-3-2-6-10(11)15-14(16)17;1-14-12-8-4-2-6-10(12)11-7-3-5-9-13(11)14;1-8-2-3-11-10(6-8)9-4-5-13-7-12(9)14-11;1-8-4-5-11-10(7-8)9-3-2-6-13-12(9)14-11/h2-9H,1H3;2-9H,1H3;2*2-7H,1H3. The molecule has 0 unspecified atom stereocenters. The molecule has 7 heterocycles. The lowest BCUT2D eigenvalue weighted by atomic mass is 10.1. The van der Waals surface area contributed by atoms with Gasteiger partial charge in [0.15, 0.2) is 5.58 Å². The topological polar surface area (TPSA) is 79.2 Å². The molecule has 0 aliphatic rings. The van der Waals surface area contributed by atoms with E-state index >= 15 is 0 Å². The number of benzene rings is 6. The molecule has 0 aliphatic carbocycles. The molecule has 0 N–H and O–H groups in total. The van der Waals surface area contributed by atoms with Crippen LogP contribution in [0.15, 0.2) is 179 Å². The molecule has 0 saturated carbocycles. The van der Waals surface area contributed by atoms with Crippen LogP contribution in [0.2, 0.25) is 0 Å². The molecule has 7 aromatic heterocycles. The highest BCUT2D eigenvalue weighted by molar-refractivity contribution is 6.08. The Morgan fingerprint density at radius 2 is 1.02 bits per heavy atom. The van der Waals surface area contributed by atoms with Gasteiger partial charge in [0.25, 0.3) is 0 Å². The van der Waals surface area contributed by atoms with Crippen LogP contribution in [-0.2, 0) is 14.1 Å². The lowest BCUT2D eigenvalue weighted by Crippen LogP contribution is -1.87. The van der Waals surface area contributed by atoms with Crippen molar-refractivity contribution in [1.82, 2.24) is 28.5 Å². The number of imidazole rings is 2. The van der Waals surface area contributed by atoms with Crippen LogP contribution in [0.4, 0.5) is 0 Å². The molecule has 6 aromatic carbocycles. The summed E-state index contributed by atoms with van der Waals surface area (Å²) in [6.07, 6.45) is 5.29. The van der Waals surface area contributed by atoms with Gasteiger partial charge in [-0.2, -0.15) is 0 Å². The van der Waals surface area contributed by atoms with E-state index in [2.05, 4.69) is 166 Å². The summed E-state index contributed by atoms with van der Waals surface area (Å²) in [5.41, 5.74) is 13.1. The number of fused-ring (bicyclic) bond motifs is 14. The average Bonchev–Trinajstić information content (AvgIpc) is 4.08. The van der Waals surface area contributed by atoms with Crippen LogP contribution in [0.25, 0.3) is 93.7 Å². The minimum Gasteiger partial charge on any atom is -0.454 e. The van der Waals surface area contributed by atoms with Gasteiger partial charge in [-0.05, 0) is 92.7 Å². The Hall–Kier alpha value is -7.71. The quantitative estimate of drug-likeness (QED) is 0.153. The van der Waals surface area contributed by atoms with Gasteiger partial charge in [0.1, 0.15) is 11.2 Å². The molecule has 13 rings (SSSR count). The molecule has 8 nitrogen and oxygen atoms in total. The van der Waals surface area contributed by atoms with Gasteiger partial charge in [-0.15, -0.1) is 0 Å². The highest BCUT2D eigenvalue weighted by Gasteiger charge is 2.12. The van der Waals surface area contributed by atoms with E-state index in [1.807, 2.05) is 42.5 Å². The first-order chi connectivity index (χ1) is 28.9. The Morgan fingerprint density at radius 1 is 0.441 bits per heavy atom. The van der Waals surface area contributed by atoms with E-state index in [1.54, 1.807) is 18.6 Å². The number of furan rings is 2. The summed E-state index contributed by atoms with van der Waals surface area (Å²) in [5.74, 6) is 0.993. The van der Waals surface area contributed by atoms with Crippen LogP contribution in [0, 0.1) is 13.8 Å². The van der Waals surface area contributed by atoms with Gasteiger partial charge in [-0.1, -0.05) is 83.9 Å². The number of aryl methyl sites for hydroxylation is 4. The lowest BCUT2D eigenvalue weighted by Gasteiger charge is -1.95. The third kappa shape index (κ3) is 6.31. The van der Waals surface area contributed by atoms with Gasteiger partial charge in [-0.25, -0.2) is 9.97 Å². The molecule has 286 valence electrons. The molecule has 0 aliphatic heterocycles. The summed E-state index contributed by atoms with van der Waals surface area (Å²) in [5, 5.41) is 7.22. The molecule has 0 amide bonds. The second-order valence-electron chi connectivity index (χ2n) is 14.8. The van der Waals surface area contributed by atoms with E-state index in [1.165, 1.54) is 54.9 Å². The first-order valence-electron chi connectivity index (χ1n) is 19.6. The predicted octanol–water partition coefficient (Wildman–Crippen LogP) is 12.9. The Kier molecular flexibility index (Phi) is 8.87. The van der Waals surface area contributed by atoms with E-state index in [0.29, 0.717) is 5.71 Å². The summed E-state index contributed by atoms with van der Waals surface area (Å²) >= 11 is 0. The summed E-state index contributed by atoms with van der Waals surface area (Å²) < 4.78 is 17.8. The van der Waals surface area contributed by atoms with Crippen molar-refractivity contribution in [3.63, 3.8) is 0 Å². The summed E-state index contributed by atoms with van der Waals surface area (Å²) in [4.78, 5) is 12.9. The first-order valence-corrected chi connectivity index (χ1v) is 19.6. The Morgan fingerprint density at radius 3 is 1.73 bits per heavy atom. The van der Waals surface area contributed by atoms with Crippen molar-refractivity contribution in [3.8, 4) is 0 Å². The number of hydrogen-bond acceptors (Lipinski definition) is 5. The number of aromatic nitrogens is 6. The SMILES string of the molecule is Cc1ccc2oc3cnccc3c2c1.Cc1ccc2oc3ncccc3c2c1.Cn1c2ccccc2c2ccccc21.Cn1c2ccccc2n2c3ccccc3nc12. The number of para-hydroxylation sites is 6. The molecule has 0 fully saturated rings. The zero-order chi connectivity index (χ0) is 40.0. The molecule has 0 spiro atoms. The molecule has 13 aromatic rings. The smallest absolute Gasteiger partial charge is 0.227 e. The fourth-order valence-corrected chi connectivity index (χ4v) is 8.11.